The molecule has 19 heteroatoms. The van der Waals surface area contributed by atoms with Crippen LogP contribution in [-0.2, 0) is 60.4 Å². The molecule has 0 aromatic heterocycles. The van der Waals surface area contributed by atoms with Gasteiger partial charge < -0.3 is 9.74 Å². The average Bonchev–Trinajstić information content (AvgIpc) is 3.71. The highest BCUT2D eigenvalue weighted by Crippen LogP contribution is 2.49. The normalized spacial score (nSPS) is 20.0. The lowest BCUT2D eigenvalue weighted by molar-refractivity contribution is -0.438. The molecule has 2 aromatic rings. The molecule has 0 unspecified atom stereocenters. The second-order valence-corrected chi connectivity index (χ2v) is 21.7. The number of hydrogen-bond acceptors (Lipinski definition) is 11. The Morgan fingerprint density at radius 2 is 1.41 bits per heavy atom. The summed E-state index contributed by atoms with van der Waals surface area (Å²) in [5.74, 6) is -2.13. The van der Waals surface area contributed by atoms with Gasteiger partial charge in [0.05, 0.1) is 21.0 Å². The van der Waals surface area contributed by atoms with E-state index in [2.05, 4.69) is 10.7 Å². The first-order valence-corrected chi connectivity index (χ1v) is 25.3. The third-order valence-corrected chi connectivity index (χ3v) is 14.5. The SMILES string of the molecule is CC1(C)C(=CC=C2C=C(C=CC3=[N+](CCCCCC(=O)ON4C(=O)CCC4=O)c4ccc(S(=O)(=O)O)cc4C3(C)C)CCC2)N(CCCCS(=O)(=O)O)c2ccc(S(=O)(=O)O)cc21. The van der Waals surface area contributed by atoms with Gasteiger partial charge in [0.25, 0.3) is 42.2 Å². The van der Waals surface area contributed by atoms with E-state index in [1.807, 2.05) is 56.9 Å². The van der Waals surface area contributed by atoms with E-state index < -0.39 is 59.0 Å². The van der Waals surface area contributed by atoms with Crippen molar-refractivity contribution >= 4 is 65.2 Å². The number of carbonyl (C=O) groups is 3. The van der Waals surface area contributed by atoms with Gasteiger partial charge in [-0.15, -0.1) is 5.06 Å². The fraction of sp³-hybridized carbons (Fsp3) is 0.455. The van der Waals surface area contributed by atoms with Gasteiger partial charge >= 0.3 is 5.97 Å². The molecule has 63 heavy (non-hydrogen) atoms. The smallest absolute Gasteiger partial charge is 0.333 e. The maximum absolute atomic E-state index is 12.4. The Morgan fingerprint density at radius 1 is 0.762 bits per heavy atom. The van der Waals surface area contributed by atoms with Gasteiger partial charge in [-0.2, -0.15) is 29.8 Å². The van der Waals surface area contributed by atoms with Gasteiger partial charge in [-0.25, -0.2) is 4.79 Å². The van der Waals surface area contributed by atoms with Crippen molar-refractivity contribution in [1.82, 2.24) is 5.06 Å². The molecule has 3 heterocycles. The van der Waals surface area contributed by atoms with Crippen LogP contribution in [-0.4, -0.2) is 90.9 Å². The highest BCUT2D eigenvalue weighted by atomic mass is 32.2. The largest absolute Gasteiger partial charge is 0.344 e. The first-order valence-electron chi connectivity index (χ1n) is 20.9. The van der Waals surface area contributed by atoms with Gasteiger partial charge in [-0.1, -0.05) is 32.1 Å². The van der Waals surface area contributed by atoms with E-state index in [0.717, 1.165) is 58.8 Å². The van der Waals surface area contributed by atoms with E-state index in [1.54, 1.807) is 12.1 Å². The first kappa shape index (κ1) is 47.7. The number of nitrogens with zero attached hydrogens (tertiary/aromatic N) is 3. The third kappa shape index (κ3) is 10.9. The summed E-state index contributed by atoms with van der Waals surface area (Å²) in [5, 5.41) is 0.537. The summed E-state index contributed by atoms with van der Waals surface area (Å²) in [4.78, 5) is 42.6. The fourth-order valence-electron chi connectivity index (χ4n) is 8.70. The van der Waals surface area contributed by atoms with E-state index in [0.29, 0.717) is 49.4 Å². The summed E-state index contributed by atoms with van der Waals surface area (Å²) in [5.41, 5.74) is 5.37. The van der Waals surface area contributed by atoms with Crippen molar-refractivity contribution in [2.75, 3.05) is 23.7 Å². The minimum Gasteiger partial charge on any atom is -0.344 e. The van der Waals surface area contributed by atoms with Crippen LogP contribution >= 0.6 is 0 Å². The molecular formula is C44H54N3O13S3+. The van der Waals surface area contributed by atoms with Crippen LogP contribution in [0.5, 0.6) is 0 Å². The van der Waals surface area contributed by atoms with E-state index in [4.69, 9.17) is 4.84 Å². The zero-order chi connectivity index (χ0) is 46.1. The van der Waals surface area contributed by atoms with Gasteiger partial charge in [-0.05, 0) is 112 Å². The maximum Gasteiger partial charge on any atom is 0.333 e. The van der Waals surface area contributed by atoms with Crippen molar-refractivity contribution in [3.63, 3.8) is 0 Å². The number of anilines is 1. The van der Waals surface area contributed by atoms with Gasteiger partial charge in [-0.3, -0.25) is 23.2 Å². The summed E-state index contributed by atoms with van der Waals surface area (Å²) in [6.45, 7) is 8.78. The van der Waals surface area contributed by atoms with Crippen molar-refractivity contribution in [3.05, 3.63) is 94.7 Å². The van der Waals surface area contributed by atoms with E-state index in [9.17, 15) is 53.3 Å². The topological polar surface area (TPSA) is 233 Å². The van der Waals surface area contributed by atoms with Crippen molar-refractivity contribution < 1.29 is 62.7 Å². The summed E-state index contributed by atoms with van der Waals surface area (Å²) >= 11 is 0. The Bertz CT molecular complexity index is 2690. The van der Waals surface area contributed by atoms with Crippen molar-refractivity contribution in [1.29, 1.82) is 0 Å². The fourth-order valence-corrected chi connectivity index (χ4v) is 10.3. The molecular weight excluding hydrogens is 875 g/mol. The Labute approximate surface area is 368 Å². The molecule has 0 saturated carbocycles. The lowest BCUT2D eigenvalue weighted by Gasteiger charge is -2.27. The van der Waals surface area contributed by atoms with Crippen LogP contribution in [0, 0.1) is 0 Å². The number of carbonyl (C=O) groups excluding carboxylic acids is 3. The monoisotopic (exact) mass is 928 g/mol. The number of amides is 2. The maximum atomic E-state index is 12.4. The second kappa shape index (κ2) is 18.4. The molecule has 1 aliphatic carbocycles. The van der Waals surface area contributed by atoms with E-state index >= 15 is 0 Å². The molecule has 2 amide bonds. The average molecular weight is 929 g/mol. The first-order chi connectivity index (χ1) is 29.4. The number of benzene rings is 2. The molecule has 4 aliphatic rings. The molecule has 3 aliphatic heterocycles. The van der Waals surface area contributed by atoms with Crippen LogP contribution in [0.3, 0.4) is 0 Å². The second-order valence-electron chi connectivity index (χ2n) is 17.3. The zero-order valence-electron chi connectivity index (χ0n) is 35.7. The molecule has 0 atom stereocenters. The minimum absolute atomic E-state index is 0.0129. The van der Waals surface area contributed by atoms with Gasteiger partial charge in [0.15, 0.2) is 5.71 Å². The molecule has 0 radical (unpaired) electrons. The summed E-state index contributed by atoms with van der Waals surface area (Å²) in [6.07, 6.45) is 15.0. The molecule has 6 rings (SSSR count). The number of hydrogen-bond donors (Lipinski definition) is 3. The van der Waals surface area contributed by atoms with Crippen molar-refractivity contribution in [3.8, 4) is 0 Å². The third-order valence-electron chi connectivity index (χ3n) is 12.0. The lowest BCUT2D eigenvalue weighted by Crippen LogP contribution is -2.31. The van der Waals surface area contributed by atoms with Crippen LogP contribution < -0.4 is 4.90 Å². The molecule has 340 valence electrons. The van der Waals surface area contributed by atoms with Gasteiger partial charge in [0.1, 0.15) is 6.54 Å². The molecule has 1 fully saturated rings. The zero-order valence-corrected chi connectivity index (χ0v) is 38.2. The Kier molecular flexibility index (Phi) is 13.9. The predicted molar refractivity (Wildman–Crippen MR) is 234 cm³/mol. The van der Waals surface area contributed by atoms with E-state index in [1.165, 1.54) is 24.3 Å². The summed E-state index contributed by atoms with van der Waals surface area (Å²) < 4.78 is 102. The van der Waals surface area contributed by atoms with Crippen molar-refractivity contribution in [2.45, 2.75) is 119 Å². The highest BCUT2D eigenvalue weighted by Gasteiger charge is 2.45. The molecule has 0 bridgehead atoms. The summed E-state index contributed by atoms with van der Waals surface area (Å²) in [6, 6.07) is 8.97. The number of rotatable bonds is 17. The van der Waals surface area contributed by atoms with Crippen LogP contribution in [0.4, 0.5) is 11.4 Å². The number of unbranched alkanes of at least 4 members (excludes halogenated alkanes) is 3. The Hall–Kier alpha value is -4.79. The standard InChI is InChI=1S/C44H53N3O13S3/c1-43(2)34-28-32(62(54,55)56)16-18-36(34)45(24-7-5-6-13-42(50)60-47-40(48)22-23-41(47)49)38(43)20-14-30-11-10-12-31(27-30)15-21-39-44(3,4)35-29-33(63(57,58)59)17-19-37(35)46(39)25-8-9-26-61(51,52)53/h14-21,27-29H,5-13,22-26H2,1-4H3,(H2-,51,52,53,54,55,56,57,58,59)/p+1. The quantitative estimate of drug-likeness (QED) is 0.0651. The molecule has 16 nitrogen and oxygen atoms in total. The number of allylic oxidation sites excluding steroid dienone is 8. The number of imide groups is 1. The van der Waals surface area contributed by atoms with E-state index in [-0.39, 0.29) is 41.2 Å². The summed E-state index contributed by atoms with van der Waals surface area (Å²) in [7, 11) is -13.1. The van der Waals surface area contributed by atoms with Crippen molar-refractivity contribution in [2.24, 2.45) is 0 Å². The van der Waals surface area contributed by atoms with Gasteiger partial charge in [0, 0.05) is 66.7 Å². The molecule has 0 spiro atoms. The molecule has 1 saturated heterocycles. The lowest BCUT2D eigenvalue weighted by atomic mass is 9.81. The van der Waals surface area contributed by atoms with Crippen LogP contribution in [0.1, 0.15) is 109 Å². The Morgan fingerprint density at radius 3 is 2.06 bits per heavy atom. The Balaban J connectivity index is 1.25. The van der Waals surface area contributed by atoms with Crippen LogP contribution in [0.15, 0.2) is 93.4 Å². The van der Waals surface area contributed by atoms with Crippen LogP contribution in [0.2, 0.25) is 0 Å². The number of hydroxylamine groups is 2. The van der Waals surface area contributed by atoms with Crippen LogP contribution in [0.25, 0.3) is 0 Å². The molecule has 2 aromatic carbocycles. The highest BCUT2D eigenvalue weighted by molar-refractivity contribution is 7.86. The predicted octanol–water partition coefficient (Wildman–Crippen LogP) is 6.67. The molecule has 3 N–H and O–H groups in total. The van der Waals surface area contributed by atoms with Gasteiger partial charge in [0.2, 0.25) is 5.69 Å². The number of fused-ring (bicyclic) bond motifs is 2. The minimum atomic E-state index is -4.48.